The van der Waals surface area contributed by atoms with E-state index in [4.69, 9.17) is 4.74 Å². The van der Waals surface area contributed by atoms with Crippen LogP contribution in [0.25, 0.3) is 0 Å². The fraction of sp³-hybridized carbons (Fsp3) is 0.450. The molecule has 2 heterocycles. The number of ether oxygens (including phenoxy) is 1. The first-order chi connectivity index (χ1) is 12.1. The van der Waals surface area contributed by atoms with Crippen molar-refractivity contribution in [1.29, 1.82) is 0 Å². The number of hydrogen-bond acceptors (Lipinski definition) is 3. The molecule has 2 fully saturated rings. The summed E-state index contributed by atoms with van der Waals surface area (Å²) >= 11 is 0. The molecule has 2 atom stereocenters. The summed E-state index contributed by atoms with van der Waals surface area (Å²) in [6.07, 6.45) is 7.26. The summed E-state index contributed by atoms with van der Waals surface area (Å²) in [5.74, 6) is -0.686. The van der Waals surface area contributed by atoms with Gasteiger partial charge < -0.3 is 4.74 Å². The Balaban J connectivity index is 1.43. The third-order valence-corrected chi connectivity index (χ3v) is 5.66. The summed E-state index contributed by atoms with van der Waals surface area (Å²) in [4.78, 5) is 6.66. The number of hydrogen-bond donors (Lipinski definition) is 0. The number of likely N-dealkylation sites (tertiary alicyclic amines) is 1. The van der Waals surface area contributed by atoms with Crippen LogP contribution in [0.5, 0.6) is 5.75 Å². The highest BCUT2D eigenvalue weighted by Gasteiger charge is 2.49. The van der Waals surface area contributed by atoms with Gasteiger partial charge in [-0.2, -0.15) is 0 Å². The predicted molar refractivity (Wildman–Crippen MR) is 91.1 cm³/mol. The van der Waals surface area contributed by atoms with Crippen LogP contribution in [0.4, 0.5) is 8.78 Å². The fourth-order valence-electron chi connectivity index (χ4n) is 4.43. The minimum absolute atomic E-state index is 0.118. The van der Waals surface area contributed by atoms with Crippen molar-refractivity contribution in [2.45, 2.75) is 25.8 Å². The molecule has 132 valence electrons. The highest BCUT2D eigenvalue weighted by Crippen LogP contribution is 2.49. The van der Waals surface area contributed by atoms with Gasteiger partial charge in [0.05, 0.1) is 6.61 Å². The van der Waals surface area contributed by atoms with Gasteiger partial charge in [0.2, 0.25) is 0 Å². The molecule has 0 N–H and O–H groups in total. The second-order valence-corrected chi connectivity index (χ2v) is 7.35. The molecule has 25 heavy (non-hydrogen) atoms. The van der Waals surface area contributed by atoms with Crippen LogP contribution in [-0.2, 0) is 6.54 Å². The highest BCUT2D eigenvalue weighted by atomic mass is 19.2. The number of halogens is 2. The van der Waals surface area contributed by atoms with Crippen molar-refractivity contribution in [1.82, 2.24) is 9.88 Å². The summed E-state index contributed by atoms with van der Waals surface area (Å²) in [5, 5.41) is 0. The number of benzene rings is 1. The SMILES string of the molecule is Fc1ccc(OCC23CCCC2CN(Cc2cccnc2)C3)cc1F. The quantitative estimate of drug-likeness (QED) is 0.818. The zero-order valence-corrected chi connectivity index (χ0v) is 14.1. The molecule has 4 rings (SSSR count). The Morgan fingerprint density at radius 1 is 1.24 bits per heavy atom. The molecule has 1 aromatic heterocycles. The third-order valence-electron chi connectivity index (χ3n) is 5.66. The summed E-state index contributed by atoms with van der Waals surface area (Å²) in [6.45, 7) is 3.51. The van der Waals surface area contributed by atoms with Crippen molar-refractivity contribution >= 4 is 0 Å². The third kappa shape index (κ3) is 3.38. The van der Waals surface area contributed by atoms with E-state index in [2.05, 4.69) is 16.0 Å². The first-order valence-electron chi connectivity index (χ1n) is 8.84. The summed E-state index contributed by atoms with van der Waals surface area (Å²) < 4.78 is 32.3. The molecule has 1 aromatic carbocycles. The Morgan fingerprint density at radius 2 is 2.16 bits per heavy atom. The molecule has 1 aliphatic carbocycles. The Bertz CT molecular complexity index is 740. The van der Waals surface area contributed by atoms with E-state index in [0.29, 0.717) is 18.3 Å². The van der Waals surface area contributed by atoms with E-state index in [1.165, 1.54) is 24.5 Å². The lowest BCUT2D eigenvalue weighted by atomic mass is 9.81. The monoisotopic (exact) mass is 344 g/mol. The van der Waals surface area contributed by atoms with Gasteiger partial charge in [-0.3, -0.25) is 9.88 Å². The molecule has 1 saturated carbocycles. The zero-order valence-electron chi connectivity index (χ0n) is 14.1. The van der Waals surface area contributed by atoms with Crippen LogP contribution in [0.2, 0.25) is 0 Å². The maximum Gasteiger partial charge on any atom is 0.162 e. The van der Waals surface area contributed by atoms with Gasteiger partial charge in [-0.05, 0) is 42.5 Å². The van der Waals surface area contributed by atoms with Gasteiger partial charge in [0, 0.05) is 43.5 Å². The number of pyridine rings is 1. The normalized spacial score (nSPS) is 25.9. The molecule has 2 unspecified atom stereocenters. The van der Waals surface area contributed by atoms with Gasteiger partial charge in [-0.25, -0.2) is 8.78 Å². The molecule has 1 aliphatic heterocycles. The zero-order chi connectivity index (χ0) is 17.3. The molecule has 0 radical (unpaired) electrons. The molecule has 2 aromatic rings. The Hall–Kier alpha value is -2.01. The van der Waals surface area contributed by atoms with Gasteiger partial charge >= 0.3 is 0 Å². The van der Waals surface area contributed by atoms with Gasteiger partial charge in [-0.1, -0.05) is 12.5 Å². The average molecular weight is 344 g/mol. The molecule has 0 amide bonds. The van der Waals surface area contributed by atoms with Crippen molar-refractivity contribution < 1.29 is 13.5 Å². The molecule has 5 heteroatoms. The average Bonchev–Trinajstić information content (AvgIpc) is 3.14. The van der Waals surface area contributed by atoms with E-state index in [1.807, 2.05) is 12.3 Å². The van der Waals surface area contributed by atoms with Crippen LogP contribution in [0, 0.1) is 23.0 Å². The van der Waals surface area contributed by atoms with Crippen molar-refractivity contribution in [2.24, 2.45) is 11.3 Å². The van der Waals surface area contributed by atoms with E-state index in [9.17, 15) is 8.78 Å². The molecular formula is C20H22F2N2O. The van der Waals surface area contributed by atoms with Gasteiger partial charge in [-0.15, -0.1) is 0 Å². The van der Waals surface area contributed by atoms with Crippen LogP contribution in [0.3, 0.4) is 0 Å². The van der Waals surface area contributed by atoms with Crippen LogP contribution in [0.15, 0.2) is 42.7 Å². The molecule has 0 bridgehead atoms. The summed E-state index contributed by atoms with van der Waals surface area (Å²) in [5.41, 5.74) is 1.34. The smallest absolute Gasteiger partial charge is 0.162 e. The number of fused-ring (bicyclic) bond motifs is 1. The van der Waals surface area contributed by atoms with Crippen molar-refractivity contribution in [2.75, 3.05) is 19.7 Å². The first kappa shape index (κ1) is 16.5. The van der Waals surface area contributed by atoms with Crippen LogP contribution < -0.4 is 4.74 Å². The van der Waals surface area contributed by atoms with E-state index >= 15 is 0 Å². The topological polar surface area (TPSA) is 25.4 Å². The maximum atomic E-state index is 13.4. The Labute approximate surface area is 146 Å². The molecule has 0 spiro atoms. The van der Waals surface area contributed by atoms with Crippen LogP contribution in [-0.4, -0.2) is 29.6 Å². The largest absolute Gasteiger partial charge is 0.493 e. The van der Waals surface area contributed by atoms with Crippen molar-refractivity contribution in [3.8, 4) is 5.75 Å². The predicted octanol–water partition coefficient (Wildman–Crippen LogP) is 4.04. The summed E-state index contributed by atoms with van der Waals surface area (Å²) in [7, 11) is 0. The summed E-state index contributed by atoms with van der Waals surface area (Å²) in [6, 6.07) is 7.83. The number of rotatable bonds is 5. The molecule has 2 aliphatic rings. The van der Waals surface area contributed by atoms with Crippen LogP contribution in [0.1, 0.15) is 24.8 Å². The molecule has 3 nitrogen and oxygen atoms in total. The van der Waals surface area contributed by atoms with E-state index in [0.717, 1.165) is 38.2 Å². The van der Waals surface area contributed by atoms with Gasteiger partial charge in [0.15, 0.2) is 11.6 Å². The van der Waals surface area contributed by atoms with Gasteiger partial charge in [0.1, 0.15) is 5.75 Å². The Morgan fingerprint density at radius 3 is 2.96 bits per heavy atom. The fourth-order valence-corrected chi connectivity index (χ4v) is 4.43. The lowest BCUT2D eigenvalue weighted by Crippen LogP contribution is -2.33. The van der Waals surface area contributed by atoms with E-state index in [-0.39, 0.29) is 5.41 Å². The minimum atomic E-state index is -0.859. The highest BCUT2D eigenvalue weighted by molar-refractivity contribution is 5.24. The van der Waals surface area contributed by atoms with E-state index in [1.54, 1.807) is 6.20 Å². The second kappa shape index (κ2) is 6.71. The minimum Gasteiger partial charge on any atom is -0.493 e. The first-order valence-corrected chi connectivity index (χ1v) is 8.84. The van der Waals surface area contributed by atoms with Crippen molar-refractivity contribution in [3.63, 3.8) is 0 Å². The standard InChI is InChI=1S/C20H22F2N2O/c21-18-6-5-17(9-19(18)22)25-14-20-7-1-4-16(20)12-24(13-20)11-15-3-2-8-23-10-15/h2-3,5-6,8-10,16H,1,4,7,11-14H2. The molecule has 1 saturated heterocycles. The van der Waals surface area contributed by atoms with Crippen molar-refractivity contribution in [3.05, 3.63) is 59.9 Å². The Kier molecular flexibility index (Phi) is 4.42. The lowest BCUT2D eigenvalue weighted by molar-refractivity contribution is 0.127. The maximum absolute atomic E-state index is 13.4. The van der Waals surface area contributed by atoms with Crippen LogP contribution >= 0.6 is 0 Å². The van der Waals surface area contributed by atoms with Gasteiger partial charge in [0.25, 0.3) is 0 Å². The lowest BCUT2D eigenvalue weighted by Gasteiger charge is -2.29. The number of aromatic nitrogens is 1. The number of nitrogens with zero attached hydrogens (tertiary/aromatic N) is 2. The second-order valence-electron chi connectivity index (χ2n) is 7.35. The molecular weight excluding hydrogens is 322 g/mol. The van der Waals surface area contributed by atoms with E-state index < -0.39 is 11.6 Å².